The van der Waals surface area contributed by atoms with Gasteiger partial charge in [0.25, 0.3) is 0 Å². The fourth-order valence-corrected chi connectivity index (χ4v) is 8.16. The number of fused-ring (bicyclic) bond motifs is 5. The van der Waals surface area contributed by atoms with Crippen molar-refractivity contribution in [1.29, 1.82) is 0 Å². The average Bonchev–Trinajstić information content (AvgIpc) is 2.93. The van der Waals surface area contributed by atoms with E-state index in [1.165, 1.54) is 27.9 Å². The number of carbonyl (C=O) groups excluding carboxylic acids is 4. The Hall–Kier alpha value is -3.12. The van der Waals surface area contributed by atoms with Gasteiger partial charge in [-0.25, -0.2) is 4.79 Å². The summed E-state index contributed by atoms with van der Waals surface area (Å²) >= 11 is 0. The molecule has 0 amide bonds. The number of aliphatic hydroxyl groups excluding tert-OH is 1. The molecule has 0 aromatic heterocycles. The average molecular weight is 601 g/mol. The topological polar surface area (TPSA) is 155 Å². The molecule has 1 aliphatic heterocycles. The van der Waals surface area contributed by atoms with E-state index in [0.29, 0.717) is 11.1 Å². The van der Waals surface area contributed by atoms with Crippen LogP contribution in [-0.2, 0) is 38.1 Å². The Morgan fingerprint density at radius 2 is 1.67 bits per heavy atom. The minimum Gasteiger partial charge on any atom is -0.458 e. The molecule has 1 saturated heterocycles. The Bertz CT molecular complexity index is 1370. The third kappa shape index (κ3) is 4.38. The van der Waals surface area contributed by atoms with Gasteiger partial charge in [-0.1, -0.05) is 32.0 Å². The van der Waals surface area contributed by atoms with Gasteiger partial charge in [0.15, 0.2) is 11.4 Å². The zero-order valence-corrected chi connectivity index (χ0v) is 25.5. The quantitative estimate of drug-likeness (QED) is 0.291. The first kappa shape index (κ1) is 31.3. The van der Waals surface area contributed by atoms with E-state index in [-0.39, 0.29) is 25.0 Å². The van der Waals surface area contributed by atoms with E-state index < -0.39 is 82.2 Å². The molecule has 5 rings (SSSR count). The van der Waals surface area contributed by atoms with Crippen LogP contribution in [0.25, 0.3) is 0 Å². The van der Waals surface area contributed by atoms with Crippen molar-refractivity contribution in [2.75, 3.05) is 13.7 Å². The third-order valence-electron chi connectivity index (χ3n) is 10.4. The number of ether oxygens (including phenoxy) is 5. The number of aliphatic hydroxyl groups is 2. The van der Waals surface area contributed by atoms with Crippen LogP contribution in [0.3, 0.4) is 0 Å². The number of methoxy groups -OCH3 is 1. The van der Waals surface area contributed by atoms with Gasteiger partial charge in [-0.3, -0.25) is 14.4 Å². The van der Waals surface area contributed by atoms with Gasteiger partial charge in [0, 0.05) is 39.2 Å². The molecule has 2 bridgehead atoms. The Morgan fingerprint density at radius 1 is 1.02 bits per heavy atom. The molecular weight excluding hydrogens is 560 g/mol. The van der Waals surface area contributed by atoms with E-state index in [1.54, 1.807) is 51.1 Å². The lowest BCUT2D eigenvalue weighted by Gasteiger charge is -2.67. The Balaban J connectivity index is 1.84. The molecule has 2 N–H and O–H groups in total. The molecule has 234 valence electrons. The van der Waals surface area contributed by atoms with Crippen LogP contribution >= 0.6 is 0 Å². The summed E-state index contributed by atoms with van der Waals surface area (Å²) in [6.07, 6.45) is -6.26. The van der Waals surface area contributed by atoms with Crippen molar-refractivity contribution in [2.24, 2.45) is 16.7 Å². The number of carbonyl (C=O) groups is 4. The summed E-state index contributed by atoms with van der Waals surface area (Å²) in [6, 6.07) is 8.16. The van der Waals surface area contributed by atoms with Gasteiger partial charge >= 0.3 is 17.9 Å². The molecule has 1 heterocycles. The van der Waals surface area contributed by atoms with E-state index >= 15 is 0 Å². The second kappa shape index (κ2) is 10.5. The zero-order valence-electron chi connectivity index (χ0n) is 25.5. The maximum Gasteiger partial charge on any atom is 0.338 e. The van der Waals surface area contributed by atoms with E-state index in [9.17, 15) is 29.4 Å². The van der Waals surface area contributed by atoms with Crippen LogP contribution < -0.4 is 0 Å². The second-order valence-corrected chi connectivity index (χ2v) is 13.0. The normalized spacial score (nSPS) is 39.7. The molecule has 3 fully saturated rings. The highest BCUT2D eigenvalue weighted by Gasteiger charge is 2.78. The number of hydrogen-bond acceptors (Lipinski definition) is 11. The Kier molecular flexibility index (Phi) is 7.65. The molecule has 1 aromatic carbocycles. The summed E-state index contributed by atoms with van der Waals surface area (Å²) in [4.78, 5) is 53.5. The van der Waals surface area contributed by atoms with E-state index in [2.05, 4.69) is 0 Å². The van der Waals surface area contributed by atoms with Crippen molar-refractivity contribution in [3.8, 4) is 0 Å². The van der Waals surface area contributed by atoms with Crippen LogP contribution in [0.15, 0.2) is 41.5 Å². The molecule has 1 aromatic rings. The standard InChI is InChI=1S/C32H40O11/c1-16-20(41-17(2)33)14-32(38)27(42-28(37)19-11-9-8-10-12-19)25-30(6,26(36)24(39-7)23(16)29(32,4)5)21(35)13-22-31(25,15-40-22)43-18(3)34/h8-12,20-22,24-25,27,35,38H,13-15H2,1-7H3/t20-,21-,22+,24+,25?,27-,30+,31-,32+/m0/s1. The molecular formula is C32H40O11. The maximum atomic E-state index is 14.8. The Labute approximate surface area is 250 Å². The van der Waals surface area contributed by atoms with Gasteiger partial charge in [0.2, 0.25) is 0 Å². The van der Waals surface area contributed by atoms with Crippen LogP contribution in [0.5, 0.6) is 0 Å². The largest absolute Gasteiger partial charge is 0.458 e. The summed E-state index contributed by atoms with van der Waals surface area (Å²) < 4.78 is 29.6. The first-order valence-electron chi connectivity index (χ1n) is 14.5. The van der Waals surface area contributed by atoms with Gasteiger partial charge in [0.1, 0.15) is 30.0 Å². The molecule has 11 nitrogen and oxygen atoms in total. The zero-order chi connectivity index (χ0) is 31.7. The lowest BCUT2D eigenvalue weighted by atomic mass is 9.44. The van der Waals surface area contributed by atoms with Crippen LogP contribution in [0.4, 0.5) is 0 Å². The SMILES string of the molecule is CO[C@H]1C(=O)[C@@]2(C)C([C@H](OC(=O)c3ccccc3)[C@]3(O)C[C@H](OC(C)=O)C(C)=C1C3(C)C)[C@]1(OC(C)=O)CO[C@@H]1C[C@@H]2O. The number of Topliss-reactive ketones (excluding diaryl/α,β-unsaturated/α-hetero) is 1. The van der Waals surface area contributed by atoms with Crippen molar-refractivity contribution in [3.05, 3.63) is 47.0 Å². The summed E-state index contributed by atoms with van der Waals surface area (Å²) in [5, 5.41) is 24.8. The third-order valence-corrected chi connectivity index (χ3v) is 10.4. The van der Waals surface area contributed by atoms with Gasteiger partial charge < -0.3 is 33.9 Å². The van der Waals surface area contributed by atoms with Crippen LogP contribution in [-0.4, -0.2) is 89.3 Å². The predicted molar refractivity (Wildman–Crippen MR) is 150 cm³/mol. The van der Waals surface area contributed by atoms with Crippen LogP contribution in [0.1, 0.15) is 64.7 Å². The number of hydrogen-bond donors (Lipinski definition) is 2. The number of rotatable bonds is 5. The van der Waals surface area contributed by atoms with Gasteiger partial charge in [-0.2, -0.15) is 0 Å². The van der Waals surface area contributed by atoms with Gasteiger partial charge in [-0.05, 0) is 37.1 Å². The molecule has 11 heteroatoms. The van der Waals surface area contributed by atoms with Crippen molar-refractivity contribution in [2.45, 2.75) is 96.1 Å². The first-order chi connectivity index (χ1) is 20.1. The fraction of sp³-hybridized carbons (Fsp3) is 0.625. The van der Waals surface area contributed by atoms with Gasteiger partial charge in [0.05, 0.1) is 29.6 Å². The monoisotopic (exact) mass is 600 g/mol. The van der Waals surface area contributed by atoms with Crippen molar-refractivity contribution in [3.63, 3.8) is 0 Å². The molecule has 1 unspecified atom stereocenters. The highest BCUT2D eigenvalue weighted by molar-refractivity contribution is 5.94. The van der Waals surface area contributed by atoms with E-state index in [1.807, 2.05) is 0 Å². The van der Waals surface area contributed by atoms with E-state index in [4.69, 9.17) is 23.7 Å². The van der Waals surface area contributed by atoms with Crippen molar-refractivity contribution >= 4 is 23.7 Å². The molecule has 43 heavy (non-hydrogen) atoms. The highest BCUT2D eigenvalue weighted by Crippen LogP contribution is 2.64. The molecule has 2 saturated carbocycles. The molecule has 3 aliphatic carbocycles. The van der Waals surface area contributed by atoms with Gasteiger partial charge in [-0.15, -0.1) is 0 Å². The number of ketones is 1. The smallest absolute Gasteiger partial charge is 0.338 e. The minimum absolute atomic E-state index is 0.0439. The maximum absolute atomic E-state index is 14.8. The number of esters is 3. The molecule has 4 aliphatic rings. The molecule has 0 radical (unpaired) electrons. The van der Waals surface area contributed by atoms with Crippen molar-refractivity contribution in [1.82, 2.24) is 0 Å². The highest BCUT2D eigenvalue weighted by atomic mass is 16.6. The molecule has 0 spiro atoms. The lowest BCUT2D eigenvalue weighted by Crippen LogP contribution is -2.81. The van der Waals surface area contributed by atoms with Crippen LogP contribution in [0, 0.1) is 16.7 Å². The molecule has 9 atom stereocenters. The fourth-order valence-electron chi connectivity index (χ4n) is 8.16. The summed E-state index contributed by atoms with van der Waals surface area (Å²) in [5.41, 5.74) is -5.56. The second-order valence-electron chi connectivity index (χ2n) is 13.0. The Morgan fingerprint density at radius 3 is 2.21 bits per heavy atom. The lowest BCUT2D eigenvalue weighted by molar-refractivity contribution is -0.346. The first-order valence-corrected chi connectivity index (χ1v) is 14.5. The summed E-state index contributed by atoms with van der Waals surface area (Å²) in [5.74, 6) is -3.89. The van der Waals surface area contributed by atoms with E-state index in [0.717, 1.165) is 0 Å². The van der Waals surface area contributed by atoms with Crippen molar-refractivity contribution < 1.29 is 53.1 Å². The number of benzene rings is 1. The minimum atomic E-state index is -2.03. The summed E-state index contributed by atoms with van der Waals surface area (Å²) in [7, 11) is 1.35. The van der Waals surface area contributed by atoms with Crippen LogP contribution in [0.2, 0.25) is 0 Å². The summed E-state index contributed by atoms with van der Waals surface area (Å²) in [6.45, 7) is 8.99. The predicted octanol–water partition coefficient (Wildman–Crippen LogP) is 2.31.